The maximum Gasteiger partial charge on any atom is 0.242 e. The van der Waals surface area contributed by atoms with Gasteiger partial charge in [0.1, 0.15) is 17.6 Å². The van der Waals surface area contributed by atoms with E-state index in [0.717, 1.165) is 6.26 Å². The largest absolute Gasteiger partial charge is 0.494 e. The first-order chi connectivity index (χ1) is 17.2. The molecule has 2 aromatic carbocycles. The molecule has 1 N–H and O–H groups in total. The Bertz CT molecular complexity index is 1160. The lowest BCUT2D eigenvalue weighted by molar-refractivity contribution is -0.141. The second-order valence-electron chi connectivity index (χ2n) is 9.89. The summed E-state index contributed by atoms with van der Waals surface area (Å²) in [5.41, 5.74) is 0.240. The lowest BCUT2D eigenvalue weighted by atomic mass is 10.1. The first-order valence-electron chi connectivity index (χ1n) is 12.3. The van der Waals surface area contributed by atoms with Crippen molar-refractivity contribution in [2.45, 2.75) is 65.6 Å². The molecule has 0 aliphatic carbocycles. The molecule has 0 saturated heterocycles. The Morgan fingerprint density at radius 2 is 1.70 bits per heavy atom. The summed E-state index contributed by atoms with van der Waals surface area (Å²) in [4.78, 5) is 27.5. The standard InChI is InChI=1S/C27H38FN3O5S/c1-7-36-23-16-14-22(15-17-23)31(37(6,34)35)18-10-13-25(32)30(19-21-11-8-9-12-24(21)28)20(2)26(33)29-27(3,4)5/h8-9,11-12,14-17,20H,7,10,13,18-19H2,1-6H3,(H,29,33). The molecule has 0 saturated carbocycles. The molecule has 0 radical (unpaired) electrons. The van der Waals surface area contributed by atoms with Crippen molar-refractivity contribution in [2.24, 2.45) is 0 Å². The Morgan fingerprint density at radius 3 is 2.24 bits per heavy atom. The molecule has 2 amide bonds. The van der Waals surface area contributed by atoms with E-state index in [2.05, 4.69) is 5.32 Å². The number of carbonyl (C=O) groups excluding carboxylic acids is 2. The number of nitrogens with zero attached hydrogens (tertiary/aromatic N) is 2. The number of ether oxygens (including phenoxy) is 1. The van der Waals surface area contributed by atoms with E-state index in [1.165, 1.54) is 15.3 Å². The monoisotopic (exact) mass is 535 g/mol. The number of hydrogen-bond acceptors (Lipinski definition) is 5. The van der Waals surface area contributed by atoms with E-state index in [1.807, 2.05) is 27.7 Å². The third kappa shape index (κ3) is 9.35. The van der Waals surface area contributed by atoms with Crippen LogP contribution in [-0.2, 0) is 26.2 Å². The molecule has 204 valence electrons. The van der Waals surface area contributed by atoms with Crippen molar-refractivity contribution in [3.05, 3.63) is 59.9 Å². The van der Waals surface area contributed by atoms with E-state index in [1.54, 1.807) is 49.4 Å². The molecule has 0 fully saturated rings. The van der Waals surface area contributed by atoms with Crippen molar-refractivity contribution in [2.75, 3.05) is 23.7 Å². The fourth-order valence-electron chi connectivity index (χ4n) is 3.75. The van der Waals surface area contributed by atoms with Crippen molar-refractivity contribution in [3.8, 4) is 5.75 Å². The predicted molar refractivity (Wildman–Crippen MR) is 143 cm³/mol. The van der Waals surface area contributed by atoms with Crippen LogP contribution in [0.5, 0.6) is 5.75 Å². The van der Waals surface area contributed by atoms with Gasteiger partial charge < -0.3 is 15.0 Å². The molecule has 0 aromatic heterocycles. The number of carbonyl (C=O) groups is 2. The highest BCUT2D eigenvalue weighted by molar-refractivity contribution is 7.92. The van der Waals surface area contributed by atoms with Crippen LogP contribution in [-0.4, -0.2) is 56.1 Å². The zero-order valence-corrected chi connectivity index (χ0v) is 23.3. The fraction of sp³-hybridized carbons (Fsp3) is 0.481. The minimum Gasteiger partial charge on any atom is -0.494 e. The van der Waals surface area contributed by atoms with E-state index < -0.39 is 27.4 Å². The number of sulfonamides is 1. The zero-order chi connectivity index (χ0) is 27.8. The van der Waals surface area contributed by atoms with Crippen LogP contribution in [0.15, 0.2) is 48.5 Å². The molecule has 37 heavy (non-hydrogen) atoms. The Hall–Kier alpha value is -3.14. The van der Waals surface area contributed by atoms with Crippen LogP contribution in [0.1, 0.15) is 53.0 Å². The summed E-state index contributed by atoms with van der Waals surface area (Å²) < 4.78 is 46.0. The number of anilines is 1. The highest BCUT2D eigenvalue weighted by Gasteiger charge is 2.29. The third-order valence-electron chi connectivity index (χ3n) is 5.55. The molecule has 0 aliphatic rings. The highest BCUT2D eigenvalue weighted by Crippen LogP contribution is 2.23. The summed E-state index contributed by atoms with van der Waals surface area (Å²) in [6.45, 7) is 9.43. The molecule has 10 heteroatoms. The van der Waals surface area contributed by atoms with Crippen LogP contribution >= 0.6 is 0 Å². The molecule has 8 nitrogen and oxygen atoms in total. The van der Waals surface area contributed by atoms with Gasteiger partial charge in [-0.1, -0.05) is 18.2 Å². The molecule has 0 aliphatic heterocycles. The van der Waals surface area contributed by atoms with Gasteiger partial charge in [-0.3, -0.25) is 13.9 Å². The van der Waals surface area contributed by atoms with Crippen molar-refractivity contribution in [1.29, 1.82) is 0 Å². The van der Waals surface area contributed by atoms with Crippen LogP contribution in [0.4, 0.5) is 10.1 Å². The molecule has 0 heterocycles. The van der Waals surface area contributed by atoms with Gasteiger partial charge in [0.2, 0.25) is 21.8 Å². The summed E-state index contributed by atoms with van der Waals surface area (Å²) >= 11 is 0. The number of rotatable bonds is 12. The van der Waals surface area contributed by atoms with E-state index >= 15 is 0 Å². The van der Waals surface area contributed by atoms with Crippen LogP contribution in [0.25, 0.3) is 0 Å². The van der Waals surface area contributed by atoms with E-state index in [-0.39, 0.29) is 37.7 Å². The highest BCUT2D eigenvalue weighted by atomic mass is 32.2. The lowest BCUT2D eigenvalue weighted by Crippen LogP contribution is -2.52. The number of nitrogens with one attached hydrogen (secondary N) is 1. The van der Waals surface area contributed by atoms with Crippen LogP contribution < -0.4 is 14.4 Å². The van der Waals surface area contributed by atoms with Gasteiger partial charge in [-0.05, 0) is 71.4 Å². The minimum absolute atomic E-state index is 0.0232. The van der Waals surface area contributed by atoms with Crippen molar-refractivity contribution in [3.63, 3.8) is 0 Å². The summed E-state index contributed by atoms with van der Waals surface area (Å²) in [7, 11) is -3.61. The lowest BCUT2D eigenvalue weighted by Gasteiger charge is -2.32. The molecule has 1 atom stereocenters. The molecule has 1 unspecified atom stereocenters. The number of hydrogen-bond donors (Lipinski definition) is 1. The Labute approximate surface area is 219 Å². The number of halogens is 1. The van der Waals surface area contributed by atoms with Crippen LogP contribution in [0.3, 0.4) is 0 Å². The molecule has 0 bridgehead atoms. The summed E-state index contributed by atoms with van der Waals surface area (Å²) in [6, 6.07) is 11.9. The summed E-state index contributed by atoms with van der Waals surface area (Å²) in [5, 5.41) is 2.86. The normalized spacial score (nSPS) is 12.5. The van der Waals surface area contributed by atoms with Gasteiger partial charge in [0.15, 0.2) is 0 Å². The fourth-order valence-corrected chi connectivity index (χ4v) is 4.71. The maximum atomic E-state index is 14.4. The van der Waals surface area contributed by atoms with Gasteiger partial charge in [0, 0.05) is 30.6 Å². The van der Waals surface area contributed by atoms with Crippen molar-refractivity contribution < 1.29 is 27.1 Å². The first kappa shape index (κ1) is 30.1. The van der Waals surface area contributed by atoms with Gasteiger partial charge in [0.05, 0.1) is 18.6 Å². The molecular formula is C27H38FN3O5S. The topological polar surface area (TPSA) is 96.0 Å². The second-order valence-corrected chi connectivity index (χ2v) is 11.8. The quantitative estimate of drug-likeness (QED) is 0.442. The van der Waals surface area contributed by atoms with Gasteiger partial charge >= 0.3 is 0 Å². The molecule has 2 rings (SSSR count). The SMILES string of the molecule is CCOc1ccc(N(CCCC(=O)N(Cc2ccccc2F)C(C)C(=O)NC(C)(C)C)S(C)(=O)=O)cc1. The molecule has 0 spiro atoms. The van der Waals surface area contributed by atoms with E-state index in [0.29, 0.717) is 23.6 Å². The smallest absolute Gasteiger partial charge is 0.242 e. The first-order valence-corrected chi connectivity index (χ1v) is 14.1. The maximum absolute atomic E-state index is 14.4. The van der Waals surface area contributed by atoms with Crippen LogP contribution in [0, 0.1) is 5.82 Å². The van der Waals surface area contributed by atoms with Gasteiger partial charge in [-0.25, -0.2) is 12.8 Å². The van der Waals surface area contributed by atoms with E-state index in [9.17, 15) is 22.4 Å². The van der Waals surface area contributed by atoms with Gasteiger partial charge in [0.25, 0.3) is 0 Å². The number of amides is 2. The Balaban J connectivity index is 2.19. The summed E-state index contributed by atoms with van der Waals surface area (Å²) in [5.74, 6) is -0.576. The predicted octanol–water partition coefficient (Wildman–Crippen LogP) is 4.10. The minimum atomic E-state index is -3.61. The third-order valence-corrected chi connectivity index (χ3v) is 6.75. The van der Waals surface area contributed by atoms with Crippen molar-refractivity contribution >= 4 is 27.5 Å². The average Bonchev–Trinajstić information content (AvgIpc) is 2.80. The Morgan fingerprint density at radius 1 is 1.08 bits per heavy atom. The summed E-state index contributed by atoms with van der Waals surface area (Å²) in [6.07, 6.45) is 1.29. The van der Waals surface area contributed by atoms with Crippen LogP contribution in [0.2, 0.25) is 0 Å². The number of benzene rings is 2. The van der Waals surface area contributed by atoms with Gasteiger partial charge in [-0.2, -0.15) is 0 Å². The molecular weight excluding hydrogens is 497 g/mol. The zero-order valence-electron chi connectivity index (χ0n) is 22.5. The average molecular weight is 536 g/mol. The molecule has 2 aromatic rings. The second kappa shape index (κ2) is 12.9. The van der Waals surface area contributed by atoms with Gasteiger partial charge in [-0.15, -0.1) is 0 Å². The van der Waals surface area contributed by atoms with E-state index in [4.69, 9.17) is 4.74 Å². The Kier molecular flexibility index (Phi) is 10.5. The van der Waals surface area contributed by atoms with Crippen molar-refractivity contribution in [1.82, 2.24) is 10.2 Å².